The second-order valence-electron chi connectivity index (χ2n) is 5.10. The fourth-order valence-electron chi connectivity index (χ4n) is 2.35. The van der Waals surface area contributed by atoms with E-state index in [0.29, 0.717) is 6.54 Å². The fraction of sp³-hybridized carbons (Fsp3) is 0.294. The number of aryl methyl sites for hydroxylation is 2. The Balaban J connectivity index is 2.23. The molecule has 0 radical (unpaired) electrons. The molecule has 100 valence electrons. The lowest BCUT2D eigenvalue weighted by atomic mass is 10.0. The van der Waals surface area contributed by atoms with E-state index in [-0.39, 0.29) is 0 Å². The van der Waals surface area contributed by atoms with Gasteiger partial charge in [0.15, 0.2) is 0 Å². The van der Waals surface area contributed by atoms with Crippen molar-refractivity contribution in [2.24, 2.45) is 5.73 Å². The predicted molar refractivity (Wildman–Crippen MR) is 82.4 cm³/mol. The summed E-state index contributed by atoms with van der Waals surface area (Å²) in [5, 5.41) is 0. The molecule has 0 saturated carbocycles. The predicted octanol–water partition coefficient (Wildman–Crippen LogP) is 3.40. The quantitative estimate of drug-likeness (QED) is 0.906. The standard InChI is InChI=1S/C17H22N2/c1-13-6-4-7-14(2)17(13)12-19(3)16-9-5-8-15(10-16)11-18/h4-10H,11-12,18H2,1-3H3. The third-order valence-electron chi connectivity index (χ3n) is 3.63. The summed E-state index contributed by atoms with van der Waals surface area (Å²) in [5.41, 5.74) is 12.2. The molecular formula is C17H22N2. The van der Waals surface area contributed by atoms with E-state index in [0.717, 1.165) is 6.54 Å². The van der Waals surface area contributed by atoms with E-state index in [4.69, 9.17) is 5.73 Å². The van der Waals surface area contributed by atoms with Crippen molar-refractivity contribution in [1.29, 1.82) is 0 Å². The van der Waals surface area contributed by atoms with E-state index < -0.39 is 0 Å². The van der Waals surface area contributed by atoms with E-state index in [1.165, 1.54) is 27.9 Å². The second-order valence-corrected chi connectivity index (χ2v) is 5.10. The van der Waals surface area contributed by atoms with Gasteiger partial charge in [-0.05, 0) is 48.2 Å². The molecule has 2 rings (SSSR count). The van der Waals surface area contributed by atoms with Crippen LogP contribution in [0.5, 0.6) is 0 Å². The van der Waals surface area contributed by atoms with Gasteiger partial charge in [0.1, 0.15) is 0 Å². The average molecular weight is 254 g/mol. The number of benzene rings is 2. The summed E-state index contributed by atoms with van der Waals surface area (Å²) in [4.78, 5) is 2.27. The van der Waals surface area contributed by atoms with Gasteiger partial charge in [0.05, 0.1) is 0 Å². The Morgan fingerprint density at radius 2 is 1.63 bits per heavy atom. The number of rotatable bonds is 4. The summed E-state index contributed by atoms with van der Waals surface area (Å²) < 4.78 is 0. The molecule has 0 aliphatic rings. The summed E-state index contributed by atoms with van der Waals surface area (Å²) in [6, 6.07) is 14.9. The monoisotopic (exact) mass is 254 g/mol. The Bertz CT molecular complexity index is 541. The smallest absolute Gasteiger partial charge is 0.0431 e. The van der Waals surface area contributed by atoms with E-state index in [2.05, 4.69) is 68.3 Å². The van der Waals surface area contributed by atoms with E-state index >= 15 is 0 Å². The highest BCUT2D eigenvalue weighted by Crippen LogP contribution is 2.20. The normalized spacial score (nSPS) is 10.5. The van der Waals surface area contributed by atoms with Crippen molar-refractivity contribution >= 4 is 5.69 Å². The number of hydrogen-bond acceptors (Lipinski definition) is 2. The molecule has 2 heteroatoms. The molecule has 0 atom stereocenters. The van der Waals surface area contributed by atoms with Gasteiger partial charge in [0.25, 0.3) is 0 Å². The van der Waals surface area contributed by atoms with Crippen molar-refractivity contribution in [1.82, 2.24) is 0 Å². The van der Waals surface area contributed by atoms with Crippen LogP contribution in [0.4, 0.5) is 5.69 Å². The minimum absolute atomic E-state index is 0.588. The molecule has 0 saturated heterocycles. The first-order valence-corrected chi connectivity index (χ1v) is 6.67. The molecule has 2 aromatic rings. The molecular weight excluding hydrogens is 232 g/mol. The SMILES string of the molecule is Cc1cccc(C)c1CN(C)c1cccc(CN)c1. The van der Waals surface area contributed by atoms with Crippen LogP contribution in [0.2, 0.25) is 0 Å². The van der Waals surface area contributed by atoms with Crippen molar-refractivity contribution < 1.29 is 0 Å². The first-order chi connectivity index (χ1) is 9.11. The van der Waals surface area contributed by atoms with Crippen LogP contribution in [0.1, 0.15) is 22.3 Å². The Kier molecular flexibility index (Phi) is 4.23. The third-order valence-corrected chi connectivity index (χ3v) is 3.63. The zero-order valence-corrected chi connectivity index (χ0v) is 12.0. The van der Waals surface area contributed by atoms with Gasteiger partial charge in [-0.3, -0.25) is 0 Å². The number of nitrogens with two attached hydrogens (primary N) is 1. The van der Waals surface area contributed by atoms with Crippen LogP contribution in [0, 0.1) is 13.8 Å². The second kappa shape index (κ2) is 5.89. The average Bonchev–Trinajstić information content (AvgIpc) is 2.43. The Morgan fingerprint density at radius 1 is 1.00 bits per heavy atom. The zero-order chi connectivity index (χ0) is 13.8. The Labute approximate surface area is 115 Å². The Hall–Kier alpha value is -1.80. The molecule has 0 spiro atoms. The van der Waals surface area contributed by atoms with Crippen molar-refractivity contribution in [2.45, 2.75) is 26.9 Å². The minimum Gasteiger partial charge on any atom is -0.370 e. The van der Waals surface area contributed by atoms with Gasteiger partial charge in [0.2, 0.25) is 0 Å². The van der Waals surface area contributed by atoms with E-state index in [1.54, 1.807) is 0 Å². The lowest BCUT2D eigenvalue weighted by Crippen LogP contribution is -2.18. The van der Waals surface area contributed by atoms with E-state index in [1.807, 2.05) is 0 Å². The van der Waals surface area contributed by atoms with Gasteiger partial charge in [-0.2, -0.15) is 0 Å². The Morgan fingerprint density at radius 3 is 2.26 bits per heavy atom. The largest absolute Gasteiger partial charge is 0.370 e. The van der Waals surface area contributed by atoms with Crippen LogP contribution in [0.25, 0.3) is 0 Å². The molecule has 19 heavy (non-hydrogen) atoms. The molecule has 0 fully saturated rings. The van der Waals surface area contributed by atoms with Crippen molar-refractivity contribution in [3.63, 3.8) is 0 Å². The molecule has 0 unspecified atom stereocenters. The van der Waals surface area contributed by atoms with Gasteiger partial charge >= 0.3 is 0 Å². The summed E-state index contributed by atoms with van der Waals surface area (Å²) in [6.45, 7) is 5.86. The zero-order valence-electron chi connectivity index (χ0n) is 12.0. The van der Waals surface area contributed by atoms with Gasteiger partial charge in [-0.1, -0.05) is 30.3 Å². The maximum Gasteiger partial charge on any atom is 0.0431 e. The summed E-state index contributed by atoms with van der Waals surface area (Å²) >= 11 is 0. The van der Waals surface area contributed by atoms with Gasteiger partial charge in [-0.15, -0.1) is 0 Å². The molecule has 2 nitrogen and oxygen atoms in total. The molecule has 0 aliphatic heterocycles. The van der Waals surface area contributed by atoms with Crippen LogP contribution in [0.3, 0.4) is 0 Å². The van der Waals surface area contributed by atoms with Crippen LogP contribution in [0.15, 0.2) is 42.5 Å². The highest BCUT2D eigenvalue weighted by Gasteiger charge is 2.07. The molecule has 0 aromatic heterocycles. The summed E-state index contributed by atoms with van der Waals surface area (Å²) in [7, 11) is 2.13. The molecule has 0 heterocycles. The van der Waals surface area contributed by atoms with Crippen LogP contribution < -0.4 is 10.6 Å². The van der Waals surface area contributed by atoms with Crippen LogP contribution in [-0.4, -0.2) is 7.05 Å². The topological polar surface area (TPSA) is 29.3 Å². The van der Waals surface area contributed by atoms with Crippen molar-refractivity contribution in [3.05, 3.63) is 64.7 Å². The minimum atomic E-state index is 0.588. The van der Waals surface area contributed by atoms with Crippen LogP contribution in [-0.2, 0) is 13.1 Å². The lowest BCUT2D eigenvalue weighted by Gasteiger charge is -2.22. The fourth-order valence-corrected chi connectivity index (χ4v) is 2.35. The lowest BCUT2D eigenvalue weighted by molar-refractivity contribution is 0.902. The highest BCUT2D eigenvalue weighted by atomic mass is 15.1. The van der Waals surface area contributed by atoms with Gasteiger partial charge < -0.3 is 10.6 Å². The number of hydrogen-bond donors (Lipinski definition) is 1. The molecule has 0 aliphatic carbocycles. The molecule has 2 aromatic carbocycles. The number of anilines is 1. The number of nitrogens with zero attached hydrogens (tertiary/aromatic N) is 1. The first-order valence-electron chi connectivity index (χ1n) is 6.67. The maximum absolute atomic E-state index is 5.70. The summed E-state index contributed by atoms with van der Waals surface area (Å²) in [6.07, 6.45) is 0. The van der Waals surface area contributed by atoms with Crippen molar-refractivity contribution in [2.75, 3.05) is 11.9 Å². The van der Waals surface area contributed by atoms with Gasteiger partial charge in [0, 0.05) is 25.8 Å². The van der Waals surface area contributed by atoms with E-state index in [9.17, 15) is 0 Å². The third kappa shape index (κ3) is 3.15. The maximum atomic E-state index is 5.70. The molecule has 0 bridgehead atoms. The molecule has 2 N–H and O–H groups in total. The summed E-state index contributed by atoms with van der Waals surface area (Å²) in [5.74, 6) is 0. The molecule has 0 amide bonds. The highest BCUT2D eigenvalue weighted by molar-refractivity contribution is 5.49. The van der Waals surface area contributed by atoms with Crippen LogP contribution >= 0.6 is 0 Å². The first kappa shape index (κ1) is 13.6. The van der Waals surface area contributed by atoms with Crippen molar-refractivity contribution in [3.8, 4) is 0 Å². The van der Waals surface area contributed by atoms with Gasteiger partial charge in [-0.25, -0.2) is 0 Å².